The Morgan fingerprint density at radius 3 is 2.32 bits per heavy atom. The van der Waals surface area contributed by atoms with Crippen LogP contribution >= 0.6 is 0 Å². The SMILES string of the molecule is CCN(c1ccccc1)S(=O)(=O)c1cc(C(=O)OC(C)C(=O)NC(=O)NC)ccc1C. The van der Waals surface area contributed by atoms with Crippen molar-refractivity contribution < 1.29 is 27.5 Å². The second-order valence-corrected chi connectivity index (χ2v) is 8.43. The summed E-state index contributed by atoms with van der Waals surface area (Å²) in [4.78, 5) is 35.6. The van der Waals surface area contributed by atoms with Gasteiger partial charge in [0.1, 0.15) is 0 Å². The van der Waals surface area contributed by atoms with E-state index in [1.807, 2.05) is 5.32 Å². The maximum Gasteiger partial charge on any atom is 0.338 e. The Hall–Kier alpha value is -3.40. The van der Waals surface area contributed by atoms with Crippen LogP contribution in [0.25, 0.3) is 0 Å². The van der Waals surface area contributed by atoms with Crippen LogP contribution in [0.2, 0.25) is 0 Å². The van der Waals surface area contributed by atoms with Gasteiger partial charge in [-0.05, 0) is 50.6 Å². The number of hydrogen-bond acceptors (Lipinski definition) is 6. The van der Waals surface area contributed by atoms with Gasteiger partial charge >= 0.3 is 12.0 Å². The summed E-state index contributed by atoms with van der Waals surface area (Å²) in [5.41, 5.74) is 0.918. The molecule has 2 rings (SSSR count). The molecule has 2 aromatic rings. The fraction of sp³-hybridized carbons (Fsp3) is 0.286. The predicted octanol–water partition coefficient (Wildman–Crippen LogP) is 2.21. The molecule has 0 aliphatic heterocycles. The lowest BCUT2D eigenvalue weighted by Gasteiger charge is -2.24. The Morgan fingerprint density at radius 2 is 1.74 bits per heavy atom. The van der Waals surface area contributed by atoms with E-state index in [0.29, 0.717) is 11.3 Å². The largest absolute Gasteiger partial charge is 0.449 e. The summed E-state index contributed by atoms with van der Waals surface area (Å²) in [5, 5.41) is 4.22. The molecular weight excluding hydrogens is 422 g/mol. The topological polar surface area (TPSA) is 122 Å². The number of rotatable bonds is 7. The number of urea groups is 1. The van der Waals surface area contributed by atoms with E-state index in [2.05, 4.69) is 5.32 Å². The van der Waals surface area contributed by atoms with Crippen LogP contribution in [0.4, 0.5) is 10.5 Å². The Morgan fingerprint density at radius 1 is 1.10 bits per heavy atom. The number of aryl methyl sites for hydroxylation is 1. The summed E-state index contributed by atoms with van der Waals surface area (Å²) >= 11 is 0. The fourth-order valence-corrected chi connectivity index (χ4v) is 4.49. The average molecular weight is 448 g/mol. The molecule has 0 fully saturated rings. The maximum absolute atomic E-state index is 13.3. The van der Waals surface area contributed by atoms with Gasteiger partial charge in [-0.25, -0.2) is 18.0 Å². The van der Waals surface area contributed by atoms with Gasteiger partial charge < -0.3 is 10.1 Å². The summed E-state index contributed by atoms with van der Waals surface area (Å²) in [6, 6.07) is 12.0. The molecule has 0 aliphatic carbocycles. The van der Waals surface area contributed by atoms with Gasteiger partial charge in [-0.15, -0.1) is 0 Å². The molecule has 166 valence electrons. The van der Waals surface area contributed by atoms with Gasteiger partial charge in [-0.3, -0.25) is 14.4 Å². The van der Waals surface area contributed by atoms with Crippen LogP contribution in [0.5, 0.6) is 0 Å². The molecule has 1 unspecified atom stereocenters. The van der Waals surface area contributed by atoms with Crippen LogP contribution in [-0.2, 0) is 19.6 Å². The van der Waals surface area contributed by atoms with Gasteiger partial charge in [-0.1, -0.05) is 24.3 Å². The van der Waals surface area contributed by atoms with Crippen molar-refractivity contribution in [3.05, 3.63) is 59.7 Å². The summed E-state index contributed by atoms with van der Waals surface area (Å²) in [7, 11) is -2.63. The molecule has 9 nitrogen and oxygen atoms in total. The van der Waals surface area contributed by atoms with E-state index < -0.39 is 34.0 Å². The predicted molar refractivity (Wildman–Crippen MR) is 115 cm³/mol. The number of ether oxygens (including phenoxy) is 1. The minimum atomic E-state index is -3.96. The van der Waals surface area contributed by atoms with Crippen LogP contribution in [0.3, 0.4) is 0 Å². The van der Waals surface area contributed by atoms with Crippen LogP contribution in [-0.4, -0.2) is 46.0 Å². The number of carbonyl (C=O) groups is 3. The smallest absolute Gasteiger partial charge is 0.338 e. The molecular formula is C21H25N3O6S. The van der Waals surface area contributed by atoms with Crippen molar-refractivity contribution in [2.45, 2.75) is 31.8 Å². The molecule has 0 aliphatic rings. The van der Waals surface area contributed by atoms with Crippen LogP contribution in [0.15, 0.2) is 53.4 Å². The van der Waals surface area contributed by atoms with E-state index in [0.717, 1.165) is 0 Å². The van der Waals surface area contributed by atoms with Gasteiger partial charge in [0.05, 0.1) is 16.1 Å². The van der Waals surface area contributed by atoms with Crippen molar-refractivity contribution in [3.63, 3.8) is 0 Å². The number of nitrogens with zero attached hydrogens (tertiary/aromatic N) is 1. The molecule has 2 aromatic carbocycles. The van der Waals surface area contributed by atoms with Crippen molar-refractivity contribution >= 4 is 33.6 Å². The molecule has 0 bridgehead atoms. The zero-order valence-electron chi connectivity index (χ0n) is 17.7. The number of carbonyl (C=O) groups excluding carboxylic acids is 3. The number of esters is 1. The molecule has 0 spiro atoms. The van der Waals surface area contributed by atoms with Crippen molar-refractivity contribution in [2.24, 2.45) is 0 Å². The first kappa shape index (κ1) is 23.9. The van der Waals surface area contributed by atoms with E-state index in [9.17, 15) is 22.8 Å². The Labute approximate surface area is 181 Å². The molecule has 0 radical (unpaired) electrons. The molecule has 2 N–H and O–H groups in total. The molecule has 0 aromatic heterocycles. The number of sulfonamides is 1. The zero-order valence-corrected chi connectivity index (χ0v) is 18.5. The number of anilines is 1. The van der Waals surface area contributed by atoms with E-state index in [4.69, 9.17) is 4.74 Å². The number of hydrogen-bond donors (Lipinski definition) is 2. The van der Waals surface area contributed by atoms with Crippen LogP contribution in [0.1, 0.15) is 29.8 Å². The highest BCUT2D eigenvalue weighted by molar-refractivity contribution is 7.92. The number of imide groups is 1. The van der Waals surface area contributed by atoms with Gasteiger partial charge in [0.2, 0.25) is 0 Å². The van der Waals surface area contributed by atoms with Crippen LogP contribution in [0, 0.1) is 6.92 Å². The Kier molecular flexibility index (Phi) is 7.76. The number of nitrogens with one attached hydrogen (secondary N) is 2. The number of benzene rings is 2. The average Bonchev–Trinajstić information content (AvgIpc) is 2.74. The van der Waals surface area contributed by atoms with Crippen LogP contribution < -0.4 is 14.9 Å². The first-order valence-electron chi connectivity index (χ1n) is 9.53. The summed E-state index contributed by atoms with van der Waals surface area (Å²) in [6.07, 6.45) is -1.26. The molecule has 3 amide bonds. The van der Waals surface area contributed by atoms with E-state index >= 15 is 0 Å². The summed E-state index contributed by atoms with van der Waals surface area (Å²) < 4.78 is 32.9. The van der Waals surface area contributed by atoms with Gasteiger partial charge in [0.15, 0.2) is 6.10 Å². The fourth-order valence-electron chi connectivity index (χ4n) is 2.77. The van der Waals surface area contributed by atoms with Gasteiger partial charge in [0.25, 0.3) is 15.9 Å². The molecule has 0 heterocycles. The van der Waals surface area contributed by atoms with Crippen molar-refractivity contribution in [3.8, 4) is 0 Å². The molecule has 0 saturated heterocycles. The van der Waals surface area contributed by atoms with Crippen molar-refractivity contribution in [1.29, 1.82) is 0 Å². The van der Waals surface area contributed by atoms with E-state index in [1.165, 1.54) is 36.5 Å². The summed E-state index contributed by atoms with van der Waals surface area (Å²) in [5.74, 6) is -1.70. The first-order chi connectivity index (χ1) is 14.6. The normalized spacial score (nSPS) is 11.9. The second kappa shape index (κ2) is 10.1. The maximum atomic E-state index is 13.3. The monoisotopic (exact) mass is 447 g/mol. The minimum absolute atomic E-state index is 0.0344. The summed E-state index contributed by atoms with van der Waals surface area (Å²) in [6.45, 7) is 4.83. The Bertz CT molecular complexity index is 1070. The third-order valence-electron chi connectivity index (χ3n) is 4.44. The van der Waals surface area contributed by atoms with Crippen molar-refractivity contribution in [2.75, 3.05) is 17.9 Å². The molecule has 1 atom stereocenters. The highest BCUT2D eigenvalue weighted by Gasteiger charge is 2.27. The lowest BCUT2D eigenvalue weighted by molar-refractivity contribution is -0.127. The van der Waals surface area contributed by atoms with Gasteiger partial charge in [-0.2, -0.15) is 0 Å². The molecule has 10 heteroatoms. The highest BCUT2D eigenvalue weighted by Crippen LogP contribution is 2.26. The minimum Gasteiger partial charge on any atom is -0.449 e. The quantitative estimate of drug-likeness (QED) is 0.628. The van der Waals surface area contributed by atoms with E-state index in [-0.39, 0.29) is 17.0 Å². The third-order valence-corrected chi connectivity index (χ3v) is 6.49. The van der Waals surface area contributed by atoms with Gasteiger partial charge in [0, 0.05) is 13.6 Å². The van der Waals surface area contributed by atoms with Crippen molar-refractivity contribution in [1.82, 2.24) is 10.6 Å². The molecule has 31 heavy (non-hydrogen) atoms. The highest BCUT2D eigenvalue weighted by atomic mass is 32.2. The van der Waals surface area contributed by atoms with E-state index in [1.54, 1.807) is 44.2 Å². The standard InChI is InChI=1S/C21H25N3O6S/c1-5-24(17-9-7-6-8-10-17)31(28,29)18-13-16(12-11-14(18)2)20(26)30-15(3)19(25)23-21(27)22-4/h6-13,15H,5H2,1-4H3,(H2,22,23,25,27). The third kappa shape index (κ3) is 5.60. The second-order valence-electron chi connectivity index (χ2n) is 6.60. The lowest BCUT2D eigenvalue weighted by atomic mass is 10.1. The lowest BCUT2D eigenvalue weighted by Crippen LogP contribution is -2.43. The Balaban J connectivity index is 2.31. The first-order valence-corrected chi connectivity index (χ1v) is 11.0. The molecule has 0 saturated carbocycles. The zero-order chi connectivity index (χ0) is 23.2. The number of para-hydroxylation sites is 1. The number of amides is 3.